The van der Waals surface area contributed by atoms with Crippen LogP contribution in [-0.4, -0.2) is 12.5 Å². The molecule has 1 aromatic rings. The minimum Gasteiger partial charge on any atom is -0.484 e. The van der Waals surface area contributed by atoms with Crippen LogP contribution >= 0.6 is 0 Å². The molecule has 0 aliphatic rings. The SMILES string of the molecule is CC(C)(C)Cc1ccc(OCC(N)=O)c(CC(C)(C)C)c1. The minimum atomic E-state index is -0.449. The summed E-state index contributed by atoms with van der Waals surface area (Å²) in [7, 11) is 0. The first kappa shape index (κ1) is 17.5. The molecule has 1 rings (SSSR count). The molecule has 3 heteroatoms. The molecule has 0 aliphatic carbocycles. The van der Waals surface area contributed by atoms with Gasteiger partial charge < -0.3 is 10.5 Å². The number of hydrogen-bond acceptors (Lipinski definition) is 2. The van der Waals surface area contributed by atoms with Crippen LogP contribution in [0.25, 0.3) is 0 Å². The van der Waals surface area contributed by atoms with E-state index in [-0.39, 0.29) is 17.4 Å². The molecule has 0 saturated heterocycles. The van der Waals surface area contributed by atoms with Crippen molar-refractivity contribution in [3.63, 3.8) is 0 Å². The van der Waals surface area contributed by atoms with E-state index in [1.807, 2.05) is 6.07 Å². The number of primary amides is 1. The predicted molar refractivity (Wildman–Crippen MR) is 87.4 cm³/mol. The Balaban J connectivity index is 3.04. The van der Waals surface area contributed by atoms with E-state index < -0.39 is 5.91 Å². The number of ether oxygens (including phenoxy) is 1. The Morgan fingerprint density at radius 2 is 1.62 bits per heavy atom. The van der Waals surface area contributed by atoms with Gasteiger partial charge in [0.2, 0.25) is 0 Å². The highest BCUT2D eigenvalue weighted by molar-refractivity contribution is 5.75. The van der Waals surface area contributed by atoms with Crippen molar-refractivity contribution in [2.24, 2.45) is 16.6 Å². The lowest BCUT2D eigenvalue weighted by Gasteiger charge is -2.23. The molecule has 0 radical (unpaired) electrons. The maximum atomic E-state index is 10.9. The van der Waals surface area contributed by atoms with Gasteiger partial charge in [0.05, 0.1) is 0 Å². The van der Waals surface area contributed by atoms with Gasteiger partial charge in [-0.3, -0.25) is 4.79 Å². The minimum absolute atomic E-state index is 0.0737. The second-order valence-electron chi connectivity index (χ2n) is 8.17. The molecule has 0 atom stereocenters. The van der Waals surface area contributed by atoms with Crippen molar-refractivity contribution >= 4 is 5.91 Å². The number of hydrogen-bond donors (Lipinski definition) is 1. The van der Waals surface area contributed by atoms with Gasteiger partial charge in [-0.05, 0) is 40.9 Å². The summed E-state index contributed by atoms with van der Waals surface area (Å²) in [6, 6.07) is 6.24. The van der Waals surface area contributed by atoms with Crippen LogP contribution in [0.5, 0.6) is 5.75 Å². The van der Waals surface area contributed by atoms with Crippen LogP contribution in [0.15, 0.2) is 18.2 Å². The summed E-state index contributed by atoms with van der Waals surface area (Å²) in [5.41, 5.74) is 8.01. The number of amides is 1. The first-order valence-electron chi connectivity index (χ1n) is 7.49. The summed E-state index contributed by atoms with van der Waals surface area (Å²) >= 11 is 0. The Labute approximate surface area is 128 Å². The highest BCUT2D eigenvalue weighted by Gasteiger charge is 2.18. The normalized spacial score (nSPS) is 12.3. The first-order valence-corrected chi connectivity index (χ1v) is 7.49. The Bertz CT molecular complexity index is 493. The Hall–Kier alpha value is -1.51. The standard InChI is InChI=1S/C18H29NO2/c1-17(2,3)10-13-7-8-15(21-12-16(19)20)14(9-13)11-18(4,5)6/h7-9H,10-12H2,1-6H3,(H2,19,20). The molecule has 2 N–H and O–H groups in total. The maximum Gasteiger partial charge on any atom is 0.255 e. The van der Waals surface area contributed by atoms with Gasteiger partial charge in [0.25, 0.3) is 5.91 Å². The number of rotatable bonds is 5. The molecule has 0 aromatic heterocycles. The van der Waals surface area contributed by atoms with Crippen LogP contribution in [0.3, 0.4) is 0 Å². The van der Waals surface area contributed by atoms with E-state index >= 15 is 0 Å². The average molecular weight is 291 g/mol. The zero-order valence-corrected chi connectivity index (χ0v) is 14.2. The Morgan fingerprint density at radius 3 is 2.10 bits per heavy atom. The molecule has 1 aromatic carbocycles. The fraction of sp³-hybridized carbons (Fsp3) is 0.611. The van der Waals surface area contributed by atoms with Gasteiger partial charge in [0, 0.05) is 0 Å². The molecular weight excluding hydrogens is 262 g/mol. The third-order valence-electron chi connectivity index (χ3n) is 2.95. The van der Waals surface area contributed by atoms with Gasteiger partial charge in [-0.1, -0.05) is 53.7 Å². The molecule has 0 fully saturated rings. The molecule has 0 spiro atoms. The number of benzene rings is 1. The molecule has 0 unspecified atom stereocenters. The highest BCUT2D eigenvalue weighted by Crippen LogP contribution is 2.30. The molecule has 1 amide bonds. The van der Waals surface area contributed by atoms with Crippen molar-refractivity contribution in [3.8, 4) is 5.75 Å². The Kier molecular flexibility index (Phi) is 5.43. The van der Waals surface area contributed by atoms with Crippen molar-refractivity contribution in [2.45, 2.75) is 54.4 Å². The monoisotopic (exact) mass is 291 g/mol. The van der Waals surface area contributed by atoms with Gasteiger partial charge in [-0.15, -0.1) is 0 Å². The number of carbonyl (C=O) groups is 1. The van der Waals surface area contributed by atoms with Crippen molar-refractivity contribution in [1.82, 2.24) is 0 Å². The van der Waals surface area contributed by atoms with Crippen molar-refractivity contribution < 1.29 is 9.53 Å². The second kappa shape index (κ2) is 6.50. The van der Waals surface area contributed by atoms with Crippen LogP contribution in [0.1, 0.15) is 52.7 Å². The van der Waals surface area contributed by atoms with Crippen molar-refractivity contribution in [1.29, 1.82) is 0 Å². The molecular formula is C18H29NO2. The lowest BCUT2D eigenvalue weighted by Crippen LogP contribution is -2.21. The summed E-state index contributed by atoms with van der Waals surface area (Å²) in [6.45, 7) is 13.2. The molecule has 118 valence electrons. The third kappa shape index (κ3) is 7.16. The largest absolute Gasteiger partial charge is 0.484 e. The van der Waals surface area contributed by atoms with Gasteiger partial charge >= 0.3 is 0 Å². The molecule has 21 heavy (non-hydrogen) atoms. The van der Waals surface area contributed by atoms with E-state index in [1.54, 1.807) is 0 Å². The van der Waals surface area contributed by atoms with E-state index in [0.29, 0.717) is 0 Å². The Morgan fingerprint density at radius 1 is 1.05 bits per heavy atom. The third-order valence-corrected chi connectivity index (χ3v) is 2.95. The maximum absolute atomic E-state index is 10.9. The summed E-state index contributed by atoms with van der Waals surface area (Å²) in [5, 5.41) is 0. The fourth-order valence-corrected chi connectivity index (χ4v) is 2.35. The van der Waals surface area contributed by atoms with E-state index in [2.05, 4.69) is 53.7 Å². The van der Waals surface area contributed by atoms with Gasteiger partial charge in [0.15, 0.2) is 6.61 Å². The summed E-state index contributed by atoms with van der Waals surface area (Å²) in [4.78, 5) is 10.9. The van der Waals surface area contributed by atoms with E-state index in [4.69, 9.17) is 10.5 Å². The summed E-state index contributed by atoms with van der Waals surface area (Å²) < 4.78 is 5.56. The van der Waals surface area contributed by atoms with Gasteiger partial charge in [0.1, 0.15) is 5.75 Å². The smallest absolute Gasteiger partial charge is 0.255 e. The number of carbonyl (C=O) groups excluding carboxylic acids is 1. The van der Waals surface area contributed by atoms with Gasteiger partial charge in [-0.25, -0.2) is 0 Å². The van der Waals surface area contributed by atoms with Crippen LogP contribution in [0, 0.1) is 10.8 Å². The quantitative estimate of drug-likeness (QED) is 0.898. The topological polar surface area (TPSA) is 52.3 Å². The van der Waals surface area contributed by atoms with Crippen LogP contribution < -0.4 is 10.5 Å². The van der Waals surface area contributed by atoms with E-state index in [9.17, 15) is 4.79 Å². The summed E-state index contributed by atoms with van der Waals surface area (Å²) in [5.74, 6) is 0.317. The number of nitrogens with two attached hydrogens (primary N) is 1. The molecule has 0 saturated carbocycles. The zero-order valence-electron chi connectivity index (χ0n) is 14.2. The zero-order chi connectivity index (χ0) is 16.3. The van der Waals surface area contributed by atoms with Crippen LogP contribution in [0.2, 0.25) is 0 Å². The lowest BCUT2D eigenvalue weighted by molar-refractivity contribution is -0.119. The molecule has 0 aliphatic heterocycles. The lowest BCUT2D eigenvalue weighted by atomic mass is 9.84. The van der Waals surface area contributed by atoms with Crippen molar-refractivity contribution in [2.75, 3.05) is 6.61 Å². The highest BCUT2D eigenvalue weighted by atomic mass is 16.5. The molecule has 3 nitrogen and oxygen atoms in total. The van der Waals surface area contributed by atoms with Gasteiger partial charge in [-0.2, -0.15) is 0 Å². The average Bonchev–Trinajstić information content (AvgIpc) is 2.23. The molecule has 0 bridgehead atoms. The van der Waals surface area contributed by atoms with Crippen LogP contribution in [-0.2, 0) is 17.6 Å². The summed E-state index contributed by atoms with van der Waals surface area (Å²) in [6.07, 6.45) is 1.92. The van der Waals surface area contributed by atoms with Crippen molar-refractivity contribution in [3.05, 3.63) is 29.3 Å². The predicted octanol–water partition coefficient (Wildman–Crippen LogP) is 3.73. The second-order valence-corrected chi connectivity index (χ2v) is 8.17. The van der Waals surface area contributed by atoms with Crippen LogP contribution in [0.4, 0.5) is 0 Å². The molecule has 0 heterocycles. The first-order chi connectivity index (χ1) is 9.46. The van der Waals surface area contributed by atoms with E-state index in [0.717, 1.165) is 24.2 Å². The fourth-order valence-electron chi connectivity index (χ4n) is 2.35. The van der Waals surface area contributed by atoms with E-state index in [1.165, 1.54) is 5.56 Å².